The van der Waals surface area contributed by atoms with E-state index in [1.165, 1.54) is 6.08 Å². The molecule has 0 heterocycles. The molecule has 1 rings (SSSR count). The van der Waals surface area contributed by atoms with Crippen LogP contribution in [0, 0.1) is 6.92 Å². The van der Waals surface area contributed by atoms with Crippen molar-refractivity contribution in [1.29, 1.82) is 0 Å². The van der Waals surface area contributed by atoms with Crippen molar-refractivity contribution in [3.63, 3.8) is 0 Å². The Morgan fingerprint density at radius 1 is 1.48 bits per heavy atom. The molecule has 3 N–H and O–H groups in total. The van der Waals surface area contributed by atoms with Gasteiger partial charge in [-0.2, -0.15) is 0 Å². The first-order chi connectivity index (χ1) is 10.1. The molecule has 0 saturated heterocycles. The Labute approximate surface area is 126 Å². The van der Waals surface area contributed by atoms with Gasteiger partial charge in [0.1, 0.15) is 0 Å². The van der Waals surface area contributed by atoms with Gasteiger partial charge in [0.2, 0.25) is 0 Å². The minimum absolute atomic E-state index is 0.345. The third kappa shape index (κ3) is 5.34. The Morgan fingerprint density at radius 3 is 2.90 bits per heavy atom. The summed E-state index contributed by atoms with van der Waals surface area (Å²) in [7, 11) is 0. The van der Waals surface area contributed by atoms with E-state index in [2.05, 4.69) is 11.9 Å². The van der Waals surface area contributed by atoms with E-state index in [1.54, 1.807) is 13.0 Å². The van der Waals surface area contributed by atoms with Crippen LogP contribution in [0.4, 0.5) is 11.4 Å². The second-order valence-corrected chi connectivity index (χ2v) is 4.68. The van der Waals surface area contributed by atoms with Crippen LogP contribution >= 0.6 is 0 Å². The van der Waals surface area contributed by atoms with Crippen molar-refractivity contribution >= 4 is 23.4 Å². The number of rotatable bonds is 8. The van der Waals surface area contributed by atoms with Gasteiger partial charge in [-0.3, -0.25) is 0 Å². The number of carbonyl (C=O) groups excluding carboxylic acids is 1. The van der Waals surface area contributed by atoms with Gasteiger partial charge in [0.05, 0.1) is 18.0 Å². The number of esters is 1. The van der Waals surface area contributed by atoms with Crippen molar-refractivity contribution in [2.75, 3.05) is 24.2 Å². The maximum absolute atomic E-state index is 11.3. The van der Waals surface area contributed by atoms with Crippen LogP contribution in [0.3, 0.4) is 0 Å². The van der Waals surface area contributed by atoms with Gasteiger partial charge in [0.25, 0.3) is 0 Å². The Bertz CT molecular complexity index is 522. The second kappa shape index (κ2) is 8.84. The van der Waals surface area contributed by atoms with Gasteiger partial charge in [0, 0.05) is 12.6 Å². The largest absolute Gasteiger partial charge is 0.463 e. The lowest BCUT2D eigenvalue weighted by atomic mass is 10.0. The number of allylic oxidation sites excluding steroid dienone is 1. The van der Waals surface area contributed by atoms with E-state index in [0.717, 1.165) is 36.2 Å². The van der Waals surface area contributed by atoms with Crippen molar-refractivity contribution in [2.45, 2.75) is 26.7 Å². The highest BCUT2D eigenvalue weighted by molar-refractivity contribution is 5.88. The molecule has 0 bridgehead atoms. The lowest BCUT2D eigenvalue weighted by Crippen LogP contribution is -2.05. The van der Waals surface area contributed by atoms with Gasteiger partial charge >= 0.3 is 5.97 Å². The van der Waals surface area contributed by atoms with Gasteiger partial charge in [-0.15, -0.1) is 6.58 Å². The number of hydrogen-bond donors (Lipinski definition) is 2. The quantitative estimate of drug-likeness (QED) is 0.252. The summed E-state index contributed by atoms with van der Waals surface area (Å²) in [6, 6.07) is 3.87. The van der Waals surface area contributed by atoms with Gasteiger partial charge in [-0.25, -0.2) is 4.79 Å². The van der Waals surface area contributed by atoms with E-state index < -0.39 is 0 Å². The molecule has 0 saturated carbocycles. The molecule has 0 spiro atoms. The molecule has 0 fully saturated rings. The highest BCUT2D eigenvalue weighted by Gasteiger charge is 2.05. The maximum atomic E-state index is 11.3. The van der Waals surface area contributed by atoms with E-state index in [0.29, 0.717) is 12.3 Å². The predicted octanol–water partition coefficient (Wildman–Crippen LogP) is 3.53. The topological polar surface area (TPSA) is 64.3 Å². The van der Waals surface area contributed by atoms with Crippen molar-refractivity contribution in [1.82, 2.24) is 0 Å². The molecule has 114 valence electrons. The van der Waals surface area contributed by atoms with Gasteiger partial charge in [-0.1, -0.05) is 12.1 Å². The molecule has 0 aromatic heterocycles. The number of hydrogen-bond acceptors (Lipinski definition) is 4. The molecule has 0 amide bonds. The average Bonchev–Trinajstić information content (AvgIpc) is 2.47. The fraction of sp³-hybridized carbons (Fsp3) is 0.353. The summed E-state index contributed by atoms with van der Waals surface area (Å²) in [4.78, 5) is 11.3. The number of nitrogens with one attached hydrogen (secondary N) is 1. The number of nitrogen functional groups attached to an aromatic ring is 1. The lowest BCUT2D eigenvalue weighted by molar-refractivity contribution is -0.137. The number of ether oxygens (including phenoxy) is 1. The zero-order chi connectivity index (χ0) is 15.7. The fourth-order valence-corrected chi connectivity index (χ4v) is 1.90. The van der Waals surface area contributed by atoms with E-state index in [-0.39, 0.29) is 5.97 Å². The molecule has 1 aromatic rings. The Hall–Kier alpha value is -2.23. The minimum atomic E-state index is -0.345. The lowest BCUT2D eigenvalue weighted by Gasteiger charge is -2.13. The van der Waals surface area contributed by atoms with E-state index in [4.69, 9.17) is 10.5 Å². The molecule has 1 aromatic carbocycles. The summed E-state index contributed by atoms with van der Waals surface area (Å²) in [6.07, 6.45) is 7.05. The number of benzene rings is 1. The first kappa shape index (κ1) is 16.8. The summed E-state index contributed by atoms with van der Waals surface area (Å²) in [5.74, 6) is -0.345. The number of anilines is 2. The van der Waals surface area contributed by atoms with Crippen LogP contribution in [0.15, 0.2) is 30.9 Å². The monoisotopic (exact) mass is 288 g/mol. The van der Waals surface area contributed by atoms with Crippen LogP contribution in [0.25, 0.3) is 6.08 Å². The Kier molecular flexibility index (Phi) is 7.09. The third-order valence-electron chi connectivity index (χ3n) is 3.14. The minimum Gasteiger partial charge on any atom is -0.463 e. The number of nitrogens with two attached hydrogens (primary N) is 1. The summed E-state index contributed by atoms with van der Waals surface area (Å²) in [6.45, 7) is 8.65. The molecule has 0 unspecified atom stereocenters. The molecule has 0 aliphatic carbocycles. The van der Waals surface area contributed by atoms with Crippen LogP contribution in [0.5, 0.6) is 0 Å². The summed E-state index contributed by atoms with van der Waals surface area (Å²) in [5.41, 5.74) is 9.62. The Balaban J connectivity index is 2.75. The first-order valence-corrected chi connectivity index (χ1v) is 7.18. The maximum Gasteiger partial charge on any atom is 0.330 e. The SMILES string of the molecule is C=CCCCNc1ccc(/C=C/C(=O)OCC)c(C)c1N. The second-order valence-electron chi connectivity index (χ2n) is 4.68. The van der Waals surface area contributed by atoms with E-state index in [9.17, 15) is 4.79 Å². The highest BCUT2D eigenvalue weighted by atomic mass is 16.5. The molecular weight excluding hydrogens is 264 g/mol. The van der Waals surface area contributed by atoms with E-state index in [1.807, 2.05) is 25.1 Å². The fourth-order valence-electron chi connectivity index (χ4n) is 1.90. The van der Waals surface area contributed by atoms with Crippen molar-refractivity contribution in [3.8, 4) is 0 Å². The van der Waals surface area contributed by atoms with Crippen molar-refractivity contribution < 1.29 is 9.53 Å². The average molecular weight is 288 g/mol. The molecule has 21 heavy (non-hydrogen) atoms. The third-order valence-corrected chi connectivity index (χ3v) is 3.14. The highest BCUT2D eigenvalue weighted by Crippen LogP contribution is 2.26. The predicted molar refractivity (Wildman–Crippen MR) is 89.2 cm³/mol. The molecular formula is C17H24N2O2. The van der Waals surface area contributed by atoms with Crippen molar-refractivity contribution in [2.24, 2.45) is 0 Å². The molecule has 4 nitrogen and oxygen atoms in total. The van der Waals surface area contributed by atoms with Crippen LogP contribution in [-0.4, -0.2) is 19.1 Å². The van der Waals surface area contributed by atoms with Gasteiger partial charge in [0.15, 0.2) is 0 Å². The van der Waals surface area contributed by atoms with Crippen molar-refractivity contribution in [3.05, 3.63) is 42.0 Å². The van der Waals surface area contributed by atoms with Crippen LogP contribution in [0.1, 0.15) is 30.9 Å². The first-order valence-electron chi connectivity index (χ1n) is 7.18. The summed E-state index contributed by atoms with van der Waals surface area (Å²) < 4.78 is 4.86. The normalized spacial score (nSPS) is 10.6. The zero-order valence-corrected chi connectivity index (χ0v) is 12.8. The van der Waals surface area contributed by atoms with Gasteiger partial charge in [-0.05, 0) is 50.0 Å². The number of carbonyl (C=O) groups is 1. The molecule has 0 radical (unpaired) electrons. The Morgan fingerprint density at radius 2 is 2.24 bits per heavy atom. The van der Waals surface area contributed by atoms with Crippen LogP contribution < -0.4 is 11.1 Å². The zero-order valence-electron chi connectivity index (χ0n) is 12.8. The summed E-state index contributed by atoms with van der Waals surface area (Å²) in [5, 5.41) is 3.31. The summed E-state index contributed by atoms with van der Waals surface area (Å²) >= 11 is 0. The van der Waals surface area contributed by atoms with Crippen LogP contribution in [0.2, 0.25) is 0 Å². The smallest absolute Gasteiger partial charge is 0.330 e. The van der Waals surface area contributed by atoms with Gasteiger partial charge < -0.3 is 15.8 Å². The van der Waals surface area contributed by atoms with Crippen LogP contribution in [-0.2, 0) is 9.53 Å². The molecule has 0 aliphatic heterocycles. The standard InChI is InChI=1S/C17H24N2O2/c1-4-6-7-12-19-15-10-8-14(13(3)17(15)18)9-11-16(20)21-5-2/h4,8-11,19H,1,5-7,12,18H2,2-3H3/b11-9+. The molecule has 4 heteroatoms. The number of unbranched alkanes of at least 4 members (excludes halogenated alkanes) is 1. The molecule has 0 atom stereocenters. The van der Waals surface area contributed by atoms with E-state index >= 15 is 0 Å². The molecule has 0 aliphatic rings.